The maximum atomic E-state index is 2.94. The Morgan fingerprint density at radius 2 is 1.50 bits per heavy atom. The maximum Gasteiger partial charge on any atom is 0 e. The first-order valence-electron chi connectivity index (χ1n) is 1.75. The number of hydrogen-bond donors (Lipinski definition) is 0. The second kappa shape index (κ2) is 5.36. The van der Waals surface area contributed by atoms with Crippen LogP contribution in [0.2, 0.25) is 0 Å². The molecule has 0 atom stereocenters. The molecule has 0 aliphatic rings. The van der Waals surface area contributed by atoms with E-state index < -0.39 is 0 Å². The quantitative estimate of drug-likeness (QED) is 0.386. The second-order valence-corrected chi connectivity index (χ2v) is 1.25. The number of rotatable bonds is 0. The van der Waals surface area contributed by atoms with E-state index in [-0.39, 0.29) is 19.5 Å². The average Bonchev–Trinajstić information content (AvgIpc) is 1.38. The molecule has 6 heavy (non-hydrogen) atoms. The monoisotopic (exact) mass is 172 g/mol. The van der Waals surface area contributed by atoms with Crippen LogP contribution in [0.1, 0.15) is 20.8 Å². The summed E-state index contributed by atoms with van der Waals surface area (Å²) < 4.78 is 0. The molecular weight excluding hydrogens is 163 g/mol. The molecule has 0 unspecified atom stereocenters. The summed E-state index contributed by atoms with van der Waals surface area (Å²) >= 11 is 0. The molecule has 0 spiro atoms. The summed E-state index contributed by atoms with van der Waals surface area (Å²) in [5, 5.41) is 0. The molecule has 0 aromatic heterocycles. The van der Waals surface area contributed by atoms with Gasteiger partial charge in [-0.2, -0.15) is 6.92 Å². The first-order valence-corrected chi connectivity index (χ1v) is 1.75. The standard InChI is InChI=1S/C5H9.Rh/c1-4-5(2)3;/h1-3H3;/q-1;. The van der Waals surface area contributed by atoms with Crippen molar-refractivity contribution in [3.05, 3.63) is 11.6 Å². The van der Waals surface area contributed by atoms with Crippen LogP contribution in [0.4, 0.5) is 0 Å². The molecule has 0 aromatic rings. The summed E-state index contributed by atoms with van der Waals surface area (Å²) in [7, 11) is 0. The molecule has 0 aliphatic heterocycles. The minimum Gasteiger partial charge on any atom is -0.501 e. The SMILES string of the molecule is C[C-]=C(C)C.[Rh]. The van der Waals surface area contributed by atoms with Gasteiger partial charge in [-0.25, -0.2) is 0 Å². The van der Waals surface area contributed by atoms with Crippen LogP contribution >= 0.6 is 0 Å². The molecule has 0 N–H and O–H groups in total. The fourth-order valence-corrected chi connectivity index (χ4v) is 0. The first-order chi connectivity index (χ1) is 2.27. The fraction of sp³-hybridized carbons (Fsp3) is 0.600. The Bertz CT molecular complexity index is 41.9. The van der Waals surface area contributed by atoms with E-state index in [4.69, 9.17) is 0 Å². The van der Waals surface area contributed by atoms with Gasteiger partial charge in [0.2, 0.25) is 0 Å². The zero-order chi connectivity index (χ0) is 4.28. The van der Waals surface area contributed by atoms with Gasteiger partial charge in [-0.3, -0.25) is 5.57 Å². The van der Waals surface area contributed by atoms with E-state index in [2.05, 4.69) is 6.08 Å². The third-order valence-electron chi connectivity index (χ3n) is 0.500. The number of hydrogen-bond acceptors (Lipinski definition) is 0. The van der Waals surface area contributed by atoms with Crippen molar-refractivity contribution in [2.75, 3.05) is 0 Å². The summed E-state index contributed by atoms with van der Waals surface area (Å²) in [6.07, 6.45) is 2.94. The van der Waals surface area contributed by atoms with Crippen molar-refractivity contribution in [3.63, 3.8) is 0 Å². The van der Waals surface area contributed by atoms with Gasteiger partial charge in [0.25, 0.3) is 0 Å². The van der Waals surface area contributed by atoms with Gasteiger partial charge in [-0.1, -0.05) is 13.8 Å². The molecule has 1 radical (unpaired) electrons. The van der Waals surface area contributed by atoms with Crippen LogP contribution in [0.3, 0.4) is 0 Å². The molecular formula is C5H9Rh-. The summed E-state index contributed by atoms with van der Waals surface area (Å²) in [5.74, 6) is 0. The van der Waals surface area contributed by atoms with Crippen molar-refractivity contribution in [1.82, 2.24) is 0 Å². The molecule has 0 rings (SSSR count). The maximum absolute atomic E-state index is 2.94. The van der Waals surface area contributed by atoms with Crippen molar-refractivity contribution >= 4 is 0 Å². The average molecular weight is 172 g/mol. The zero-order valence-corrected chi connectivity index (χ0v) is 5.97. The van der Waals surface area contributed by atoms with Gasteiger partial charge in [0, 0.05) is 19.5 Å². The fourth-order valence-electron chi connectivity index (χ4n) is 0. The third kappa shape index (κ3) is 8.84. The van der Waals surface area contributed by atoms with E-state index in [1.54, 1.807) is 0 Å². The molecule has 0 heterocycles. The molecule has 0 saturated heterocycles. The summed E-state index contributed by atoms with van der Waals surface area (Å²) in [4.78, 5) is 0. The number of allylic oxidation sites excluding steroid dienone is 2. The summed E-state index contributed by atoms with van der Waals surface area (Å²) in [5.41, 5.74) is 1.25. The van der Waals surface area contributed by atoms with Gasteiger partial charge < -0.3 is 6.08 Å². The van der Waals surface area contributed by atoms with Crippen LogP contribution in [-0.2, 0) is 19.5 Å². The first kappa shape index (κ1) is 9.61. The molecule has 0 amide bonds. The predicted molar refractivity (Wildman–Crippen MR) is 23.8 cm³/mol. The van der Waals surface area contributed by atoms with Crippen LogP contribution in [-0.4, -0.2) is 0 Å². The van der Waals surface area contributed by atoms with Crippen molar-refractivity contribution in [2.45, 2.75) is 20.8 Å². The molecule has 0 fully saturated rings. The Balaban J connectivity index is 0. The van der Waals surface area contributed by atoms with E-state index >= 15 is 0 Å². The third-order valence-corrected chi connectivity index (χ3v) is 0.500. The van der Waals surface area contributed by atoms with E-state index in [1.807, 2.05) is 20.8 Å². The Labute approximate surface area is 52.4 Å². The van der Waals surface area contributed by atoms with Gasteiger partial charge in [0.15, 0.2) is 0 Å². The Morgan fingerprint density at radius 1 is 1.33 bits per heavy atom. The minimum atomic E-state index is 0. The molecule has 0 saturated carbocycles. The molecule has 0 aromatic carbocycles. The molecule has 39 valence electrons. The normalized spacial score (nSPS) is 5.83. The van der Waals surface area contributed by atoms with Crippen LogP contribution in [0.15, 0.2) is 5.57 Å². The predicted octanol–water partition coefficient (Wildman–Crippen LogP) is 1.77. The largest absolute Gasteiger partial charge is 0.501 e. The van der Waals surface area contributed by atoms with Crippen molar-refractivity contribution < 1.29 is 19.5 Å². The van der Waals surface area contributed by atoms with Gasteiger partial charge in [-0.05, 0) is 0 Å². The Morgan fingerprint density at radius 3 is 1.50 bits per heavy atom. The van der Waals surface area contributed by atoms with Crippen LogP contribution < -0.4 is 0 Å². The molecule has 0 aliphatic carbocycles. The van der Waals surface area contributed by atoms with Gasteiger partial charge >= 0.3 is 0 Å². The van der Waals surface area contributed by atoms with Crippen LogP contribution in [0.25, 0.3) is 0 Å². The van der Waals surface area contributed by atoms with Crippen LogP contribution in [0.5, 0.6) is 0 Å². The molecule has 0 nitrogen and oxygen atoms in total. The minimum absolute atomic E-state index is 0. The smallest absolute Gasteiger partial charge is 0 e. The molecule has 1 heteroatoms. The topological polar surface area (TPSA) is 0 Å². The van der Waals surface area contributed by atoms with E-state index in [0.717, 1.165) is 0 Å². The molecule has 0 bridgehead atoms. The van der Waals surface area contributed by atoms with E-state index in [1.165, 1.54) is 5.57 Å². The van der Waals surface area contributed by atoms with E-state index in [9.17, 15) is 0 Å². The van der Waals surface area contributed by atoms with Crippen LogP contribution in [0, 0.1) is 6.08 Å². The van der Waals surface area contributed by atoms with Gasteiger partial charge in [0.05, 0.1) is 0 Å². The Kier molecular flexibility index (Phi) is 8.59. The summed E-state index contributed by atoms with van der Waals surface area (Å²) in [6.45, 7) is 5.97. The van der Waals surface area contributed by atoms with Crippen molar-refractivity contribution in [3.8, 4) is 0 Å². The van der Waals surface area contributed by atoms with Crippen molar-refractivity contribution in [2.24, 2.45) is 0 Å². The summed E-state index contributed by atoms with van der Waals surface area (Å²) in [6, 6.07) is 0. The zero-order valence-electron chi connectivity index (χ0n) is 4.33. The Hall–Kier alpha value is 0.363. The van der Waals surface area contributed by atoms with Crippen molar-refractivity contribution in [1.29, 1.82) is 0 Å². The van der Waals surface area contributed by atoms with E-state index in [0.29, 0.717) is 0 Å². The van der Waals surface area contributed by atoms with Gasteiger partial charge in [-0.15, -0.1) is 0 Å². The van der Waals surface area contributed by atoms with Gasteiger partial charge in [0.1, 0.15) is 0 Å². The second-order valence-electron chi connectivity index (χ2n) is 1.25.